The van der Waals surface area contributed by atoms with Crippen molar-refractivity contribution in [2.75, 3.05) is 30.3 Å². The highest BCUT2D eigenvalue weighted by atomic mass is 16.5. The first kappa shape index (κ1) is 19.1. The summed E-state index contributed by atoms with van der Waals surface area (Å²) in [5.74, 6) is 2.48. The Hall–Kier alpha value is -3.68. The van der Waals surface area contributed by atoms with E-state index in [2.05, 4.69) is 30.9 Å². The molecule has 0 spiro atoms. The summed E-state index contributed by atoms with van der Waals surface area (Å²) in [6.07, 6.45) is 3.16. The molecule has 0 aliphatic rings. The molecule has 0 unspecified atom stereocenters. The summed E-state index contributed by atoms with van der Waals surface area (Å²) in [5.41, 5.74) is 1.14. The normalized spacial score (nSPS) is 10.2. The van der Waals surface area contributed by atoms with E-state index in [9.17, 15) is 4.79 Å². The van der Waals surface area contributed by atoms with Gasteiger partial charge in [0, 0.05) is 25.4 Å². The molecule has 8 nitrogen and oxygen atoms in total. The first-order chi connectivity index (χ1) is 13.7. The molecule has 3 rings (SSSR count). The Morgan fingerprint density at radius 1 is 0.964 bits per heavy atom. The van der Waals surface area contributed by atoms with Crippen molar-refractivity contribution in [2.45, 2.75) is 6.92 Å². The molecule has 3 N–H and O–H groups in total. The summed E-state index contributed by atoms with van der Waals surface area (Å²) < 4.78 is 5.44. The van der Waals surface area contributed by atoms with Crippen LogP contribution in [0.15, 0.2) is 61.1 Å². The zero-order chi connectivity index (χ0) is 19.6. The smallest absolute Gasteiger partial charge is 0.258 e. The van der Waals surface area contributed by atoms with Crippen molar-refractivity contribution in [2.24, 2.45) is 0 Å². The standard InChI is InChI=1S/C20H22N6O2/c1-15-5-7-16(8-6-15)28-13-20(27)23-11-10-22-18-12-19(25-14-24-18)26-17-4-2-3-9-21-17/h2-9,12,14H,10-11,13H2,1H3,(H,23,27)(H2,21,22,24,25,26). The van der Waals surface area contributed by atoms with Crippen LogP contribution in [0.25, 0.3) is 0 Å². The van der Waals surface area contributed by atoms with Gasteiger partial charge in [-0.1, -0.05) is 23.8 Å². The molecule has 0 aliphatic heterocycles. The predicted octanol–water partition coefficient (Wildman–Crippen LogP) is 2.53. The van der Waals surface area contributed by atoms with Crippen LogP contribution in [0.2, 0.25) is 0 Å². The number of amides is 1. The molecule has 8 heteroatoms. The number of nitrogens with one attached hydrogen (secondary N) is 3. The lowest BCUT2D eigenvalue weighted by Gasteiger charge is -2.10. The maximum absolute atomic E-state index is 11.8. The molecule has 3 aromatic rings. The van der Waals surface area contributed by atoms with Crippen molar-refractivity contribution in [3.05, 3.63) is 66.6 Å². The van der Waals surface area contributed by atoms with Gasteiger partial charge < -0.3 is 20.7 Å². The third kappa shape index (κ3) is 6.24. The van der Waals surface area contributed by atoms with Crippen LogP contribution in [0, 0.1) is 6.92 Å². The molecule has 0 radical (unpaired) electrons. The SMILES string of the molecule is Cc1ccc(OCC(=O)NCCNc2cc(Nc3ccccn3)ncn2)cc1. The third-order valence-electron chi connectivity index (χ3n) is 3.73. The molecule has 2 aromatic heterocycles. The van der Waals surface area contributed by atoms with Gasteiger partial charge in [-0.05, 0) is 31.2 Å². The maximum Gasteiger partial charge on any atom is 0.258 e. The summed E-state index contributed by atoms with van der Waals surface area (Å²) in [5, 5.41) is 9.03. The average Bonchev–Trinajstić information content (AvgIpc) is 2.72. The zero-order valence-electron chi connectivity index (χ0n) is 15.6. The van der Waals surface area contributed by atoms with Crippen molar-refractivity contribution in [1.29, 1.82) is 0 Å². The first-order valence-electron chi connectivity index (χ1n) is 8.89. The monoisotopic (exact) mass is 378 g/mol. The molecule has 1 aromatic carbocycles. The number of hydrogen-bond donors (Lipinski definition) is 3. The molecule has 28 heavy (non-hydrogen) atoms. The topological polar surface area (TPSA) is 101 Å². The minimum Gasteiger partial charge on any atom is -0.484 e. The fourth-order valence-corrected chi connectivity index (χ4v) is 2.32. The largest absolute Gasteiger partial charge is 0.484 e. The van der Waals surface area contributed by atoms with Gasteiger partial charge in [-0.2, -0.15) is 0 Å². The highest BCUT2D eigenvalue weighted by molar-refractivity contribution is 5.77. The molecule has 2 heterocycles. The predicted molar refractivity (Wildman–Crippen MR) is 108 cm³/mol. The Morgan fingerprint density at radius 2 is 1.79 bits per heavy atom. The summed E-state index contributed by atoms with van der Waals surface area (Å²) in [6.45, 7) is 2.95. The van der Waals surface area contributed by atoms with Gasteiger partial charge in [0.05, 0.1) is 0 Å². The fourth-order valence-electron chi connectivity index (χ4n) is 2.32. The highest BCUT2D eigenvalue weighted by Crippen LogP contribution is 2.13. The molecule has 144 valence electrons. The van der Waals surface area contributed by atoms with Gasteiger partial charge in [-0.25, -0.2) is 15.0 Å². The molecule has 0 fully saturated rings. The second-order valence-corrected chi connectivity index (χ2v) is 6.01. The summed E-state index contributed by atoms with van der Waals surface area (Å²) in [7, 11) is 0. The van der Waals surface area contributed by atoms with Crippen LogP contribution in [-0.2, 0) is 4.79 Å². The second kappa shape index (κ2) is 9.86. The van der Waals surface area contributed by atoms with E-state index in [4.69, 9.17) is 4.74 Å². The van der Waals surface area contributed by atoms with E-state index in [0.29, 0.717) is 36.3 Å². The number of carbonyl (C=O) groups is 1. The Bertz CT molecular complexity index is 887. The van der Waals surface area contributed by atoms with Gasteiger partial charge in [-0.15, -0.1) is 0 Å². The van der Waals surface area contributed by atoms with E-state index in [-0.39, 0.29) is 12.5 Å². The number of aryl methyl sites for hydroxylation is 1. The lowest BCUT2D eigenvalue weighted by atomic mass is 10.2. The van der Waals surface area contributed by atoms with Gasteiger partial charge in [0.25, 0.3) is 5.91 Å². The average molecular weight is 378 g/mol. The van der Waals surface area contributed by atoms with Crippen molar-refractivity contribution < 1.29 is 9.53 Å². The number of anilines is 3. The van der Waals surface area contributed by atoms with Crippen LogP contribution in [0.5, 0.6) is 5.75 Å². The minimum absolute atomic E-state index is 0.0191. The molecule has 0 saturated carbocycles. The first-order valence-corrected chi connectivity index (χ1v) is 8.89. The van der Waals surface area contributed by atoms with E-state index in [1.807, 2.05) is 49.4 Å². The summed E-state index contributed by atoms with van der Waals surface area (Å²) >= 11 is 0. The lowest BCUT2D eigenvalue weighted by molar-refractivity contribution is -0.123. The van der Waals surface area contributed by atoms with E-state index in [0.717, 1.165) is 5.56 Å². The Labute approximate surface area is 163 Å². The molecular formula is C20H22N6O2. The quantitative estimate of drug-likeness (QED) is 0.492. The summed E-state index contributed by atoms with van der Waals surface area (Å²) in [4.78, 5) is 24.4. The van der Waals surface area contributed by atoms with Gasteiger partial charge in [0.2, 0.25) is 0 Å². The van der Waals surface area contributed by atoms with Gasteiger partial charge in [-0.3, -0.25) is 4.79 Å². The number of aromatic nitrogens is 3. The molecule has 0 saturated heterocycles. The molecular weight excluding hydrogens is 356 g/mol. The molecule has 1 amide bonds. The van der Waals surface area contributed by atoms with Crippen LogP contribution in [0.4, 0.5) is 17.5 Å². The fraction of sp³-hybridized carbons (Fsp3) is 0.200. The zero-order valence-corrected chi connectivity index (χ0v) is 15.6. The van der Waals surface area contributed by atoms with Crippen LogP contribution in [-0.4, -0.2) is 40.6 Å². The van der Waals surface area contributed by atoms with Crippen molar-refractivity contribution in [3.63, 3.8) is 0 Å². The number of rotatable bonds is 9. The Kier molecular flexibility index (Phi) is 6.73. The summed E-state index contributed by atoms with van der Waals surface area (Å²) in [6, 6.07) is 14.9. The number of nitrogens with zero attached hydrogens (tertiary/aromatic N) is 3. The van der Waals surface area contributed by atoms with E-state index in [1.165, 1.54) is 6.33 Å². The van der Waals surface area contributed by atoms with E-state index >= 15 is 0 Å². The number of pyridine rings is 1. The van der Waals surface area contributed by atoms with Crippen LogP contribution < -0.4 is 20.7 Å². The Balaban J connectivity index is 1.37. The highest BCUT2D eigenvalue weighted by Gasteiger charge is 2.03. The van der Waals surface area contributed by atoms with Crippen LogP contribution >= 0.6 is 0 Å². The van der Waals surface area contributed by atoms with Crippen LogP contribution in [0.1, 0.15) is 5.56 Å². The Morgan fingerprint density at radius 3 is 2.57 bits per heavy atom. The second-order valence-electron chi connectivity index (χ2n) is 6.01. The van der Waals surface area contributed by atoms with Gasteiger partial charge in [0.15, 0.2) is 6.61 Å². The van der Waals surface area contributed by atoms with Crippen molar-refractivity contribution in [3.8, 4) is 5.75 Å². The minimum atomic E-state index is -0.178. The number of hydrogen-bond acceptors (Lipinski definition) is 7. The third-order valence-corrected chi connectivity index (χ3v) is 3.73. The van der Waals surface area contributed by atoms with E-state index in [1.54, 1.807) is 12.3 Å². The molecule has 0 atom stereocenters. The molecule has 0 aliphatic carbocycles. The van der Waals surface area contributed by atoms with Crippen LogP contribution in [0.3, 0.4) is 0 Å². The van der Waals surface area contributed by atoms with Gasteiger partial charge >= 0.3 is 0 Å². The molecule has 0 bridgehead atoms. The number of benzene rings is 1. The van der Waals surface area contributed by atoms with Gasteiger partial charge in [0.1, 0.15) is 29.5 Å². The van der Waals surface area contributed by atoms with Crippen molar-refractivity contribution >= 4 is 23.4 Å². The maximum atomic E-state index is 11.8. The van der Waals surface area contributed by atoms with E-state index < -0.39 is 0 Å². The lowest BCUT2D eigenvalue weighted by Crippen LogP contribution is -2.32. The number of carbonyl (C=O) groups excluding carboxylic acids is 1. The van der Waals surface area contributed by atoms with Crippen molar-refractivity contribution in [1.82, 2.24) is 20.3 Å². The number of ether oxygens (including phenoxy) is 1.